The van der Waals surface area contributed by atoms with Gasteiger partial charge < -0.3 is 15.4 Å². The van der Waals surface area contributed by atoms with Crippen LogP contribution in [0, 0.1) is 5.82 Å². The molecule has 0 fully saturated rings. The van der Waals surface area contributed by atoms with E-state index in [1.165, 1.54) is 12.1 Å². The molecule has 4 nitrogen and oxygen atoms in total. The molecule has 7 heteroatoms. The number of hydrogen-bond donors (Lipinski definition) is 3. The van der Waals surface area contributed by atoms with Gasteiger partial charge in [0.25, 0.3) is 5.91 Å². The Balaban J connectivity index is 2.27. The summed E-state index contributed by atoms with van der Waals surface area (Å²) < 4.78 is 13.6. The van der Waals surface area contributed by atoms with Crippen LogP contribution in [-0.4, -0.2) is 23.1 Å². The van der Waals surface area contributed by atoms with Gasteiger partial charge in [-0.05, 0) is 35.8 Å². The summed E-state index contributed by atoms with van der Waals surface area (Å²) in [6.45, 7) is 0. The fourth-order valence-electron chi connectivity index (χ4n) is 1.64. The van der Waals surface area contributed by atoms with Crippen molar-refractivity contribution in [2.45, 2.75) is 0 Å². The molecule has 3 N–H and O–H groups in total. The highest BCUT2D eigenvalue weighted by Crippen LogP contribution is 2.16. The number of benzene rings is 2. The molecule has 0 aromatic heterocycles. The van der Waals surface area contributed by atoms with Crippen LogP contribution in [0.15, 0.2) is 42.5 Å². The number of nitrogens with one attached hydrogen (secondary N) is 1. The molecule has 0 aliphatic rings. The van der Waals surface area contributed by atoms with Gasteiger partial charge in [-0.1, -0.05) is 23.7 Å². The van der Waals surface area contributed by atoms with E-state index in [-0.39, 0.29) is 11.0 Å². The van der Waals surface area contributed by atoms with Crippen molar-refractivity contribution in [1.29, 1.82) is 0 Å². The van der Waals surface area contributed by atoms with Gasteiger partial charge in [0.05, 0.1) is 5.56 Å². The minimum atomic E-state index is -1.77. The second-order valence-electron chi connectivity index (χ2n) is 4.08. The normalized spacial score (nSPS) is 10.2. The number of anilines is 1. The Morgan fingerprint density at radius 1 is 1.20 bits per heavy atom. The quantitative estimate of drug-likeness (QED) is 0.750. The van der Waals surface area contributed by atoms with E-state index in [0.29, 0.717) is 10.7 Å². The molecule has 2 aromatic carbocycles. The average molecular weight is 293 g/mol. The zero-order chi connectivity index (χ0) is 14.7. The van der Waals surface area contributed by atoms with E-state index >= 15 is 0 Å². The molecule has 0 saturated carbocycles. The zero-order valence-electron chi connectivity index (χ0n) is 10.2. The summed E-state index contributed by atoms with van der Waals surface area (Å²) in [6.07, 6.45) is 0. The number of carbonyl (C=O) groups excluding carboxylic acids is 1. The van der Waals surface area contributed by atoms with Crippen LogP contribution < -0.4 is 10.8 Å². The van der Waals surface area contributed by atoms with Gasteiger partial charge in [-0.2, -0.15) is 0 Å². The third kappa shape index (κ3) is 3.36. The number of amides is 1. The second kappa shape index (κ2) is 6.05. The molecule has 1 amide bonds. The Morgan fingerprint density at radius 2 is 1.95 bits per heavy atom. The van der Waals surface area contributed by atoms with Crippen LogP contribution in [-0.2, 0) is 0 Å². The summed E-state index contributed by atoms with van der Waals surface area (Å²) in [5.41, 5.74) is 0.162. The lowest BCUT2D eigenvalue weighted by Crippen LogP contribution is -2.31. The topological polar surface area (TPSA) is 69.6 Å². The first-order valence-electron chi connectivity index (χ1n) is 5.70. The first kappa shape index (κ1) is 14.5. The molecule has 102 valence electrons. The largest absolute Gasteiger partial charge is 0.488 e. The van der Waals surface area contributed by atoms with Crippen molar-refractivity contribution in [1.82, 2.24) is 0 Å². The molecule has 0 radical (unpaired) electrons. The van der Waals surface area contributed by atoms with Gasteiger partial charge in [-0.25, -0.2) is 4.39 Å². The summed E-state index contributed by atoms with van der Waals surface area (Å²) in [4.78, 5) is 12.0. The Labute approximate surface area is 120 Å². The zero-order valence-corrected chi connectivity index (χ0v) is 10.9. The van der Waals surface area contributed by atoms with E-state index in [1.807, 2.05) is 0 Å². The Bertz CT molecular complexity index is 651. The van der Waals surface area contributed by atoms with Gasteiger partial charge in [0.15, 0.2) is 0 Å². The van der Waals surface area contributed by atoms with E-state index < -0.39 is 18.8 Å². The molecule has 2 aromatic rings. The van der Waals surface area contributed by atoms with Crippen molar-refractivity contribution in [2.24, 2.45) is 0 Å². The minimum absolute atomic E-state index is 0.0302. The van der Waals surface area contributed by atoms with Crippen molar-refractivity contribution in [3.8, 4) is 0 Å². The molecule has 2 rings (SSSR count). The highest BCUT2D eigenvalue weighted by atomic mass is 35.5. The van der Waals surface area contributed by atoms with Gasteiger partial charge in [-0.3, -0.25) is 4.79 Å². The monoisotopic (exact) mass is 293 g/mol. The van der Waals surface area contributed by atoms with Gasteiger partial charge >= 0.3 is 7.12 Å². The fourth-order valence-corrected chi connectivity index (χ4v) is 1.83. The standard InChI is InChI=1S/C13H10BClFNO3/c15-9-2-1-3-10(7-9)17-13(18)11-6-8(14(19)20)4-5-12(11)16/h1-7,19-20H,(H,17,18). The Hall–Kier alpha value is -1.89. The van der Waals surface area contributed by atoms with Gasteiger partial charge in [0.1, 0.15) is 5.82 Å². The Morgan fingerprint density at radius 3 is 2.60 bits per heavy atom. The maximum absolute atomic E-state index is 13.6. The van der Waals surface area contributed by atoms with Crippen LogP contribution in [0.4, 0.5) is 10.1 Å². The van der Waals surface area contributed by atoms with E-state index in [9.17, 15) is 9.18 Å². The molecule has 20 heavy (non-hydrogen) atoms. The maximum Gasteiger partial charge on any atom is 0.488 e. The minimum Gasteiger partial charge on any atom is -0.423 e. The van der Waals surface area contributed by atoms with Crippen molar-refractivity contribution in [3.05, 3.63) is 58.9 Å². The molecule has 0 saturated heterocycles. The molecular weight excluding hydrogens is 283 g/mol. The lowest BCUT2D eigenvalue weighted by molar-refractivity contribution is 0.102. The summed E-state index contributed by atoms with van der Waals surface area (Å²) >= 11 is 5.78. The molecule has 0 bridgehead atoms. The molecule has 0 heterocycles. The van der Waals surface area contributed by atoms with E-state index in [4.69, 9.17) is 21.6 Å². The van der Waals surface area contributed by atoms with Crippen LogP contribution in [0.5, 0.6) is 0 Å². The molecular formula is C13H10BClFNO3. The number of carbonyl (C=O) groups is 1. The predicted octanol–water partition coefficient (Wildman–Crippen LogP) is 1.41. The summed E-state index contributed by atoms with van der Waals surface area (Å²) in [7, 11) is -1.77. The third-order valence-corrected chi connectivity index (χ3v) is 2.85. The number of rotatable bonds is 3. The van der Waals surface area contributed by atoms with Crippen molar-refractivity contribution >= 4 is 35.8 Å². The van der Waals surface area contributed by atoms with E-state index in [1.54, 1.807) is 18.2 Å². The number of halogens is 2. The average Bonchev–Trinajstić information content (AvgIpc) is 2.38. The summed E-state index contributed by atoms with van der Waals surface area (Å²) in [5, 5.41) is 21.0. The van der Waals surface area contributed by atoms with Crippen molar-refractivity contribution < 1.29 is 19.2 Å². The predicted molar refractivity (Wildman–Crippen MR) is 75.6 cm³/mol. The molecule has 0 unspecified atom stereocenters. The molecule has 0 atom stereocenters. The lowest BCUT2D eigenvalue weighted by atomic mass is 9.79. The highest BCUT2D eigenvalue weighted by molar-refractivity contribution is 6.58. The van der Waals surface area contributed by atoms with Gasteiger partial charge in [0, 0.05) is 10.7 Å². The van der Waals surface area contributed by atoms with Gasteiger partial charge in [-0.15, -0.1) is 0 Å². The second-order valence-corrected chi connectivity index (χ2v) is 4.51. The SMILES string of the molecule is O=C(Nc1cccc(Cl)c1)c1cc(B(O)O)ccc1F. The number of hydrogen-bond acceptors (Lipinski definition) is 3. The van der Waals surface area contributed by atoms with Crippen molar-refractivity contribution in [3.63, 3.8) is 0 Å². The van der Waals surface area contributed by atoms with Crippen LogP contribution in [0.3, 0.4) is 0 Å². The van der Waals surface area contributed by atoms with Crippen molar-refractivity contribution in [2.75, 3.05) is 5.32 Å². The summed E-state index contributed by atoms with van der Waals surface area (Å²) in [6, 6.07) is 9.68. The molecule has 0 spiro atoms. The van der Waals surface area contributed by atoms with Crippen LogP contribution >= 0.6 is 11.6 Å². The summed E-state index contributed by atoms with van der Waals surface area (Å²) in [5.74, 6) is -1.46. The molecule has 0 aliphatic carbocycles. The van der Waals surface area contributed by atoms with Crippen LogP contribution in [0.25, 0.3) is 0 Å². The first-order valence-corrected chi connectivity index (χ1v) is 6.07. The maximum atomic E-state index is 13.6. The van der Waals surface area contributed by atoms with Crippen LogP contribution in [0.2, 0.25) is 5.02 Å². The lowest BCUT2D eigenvalue weighted by Gasteiger charge is -2.08. The van der Waals surface area contributed by atoms with Gasteiger partial charge in [0.2, 0.25) is 0 Å². The van der Waals surface area contributed by atoms with E-state index in [0.717, 1.165) is 12.1 Å². The smallest absolute Gasteiger partial charge is 0.423 e. The first-order chi connectivity index (χ1) is 9.47. The third-order valence-electron chi connectivity index (χ3n) is 2.62. The molecule has 0 aliphatic heterocycles. The highest BCUT2D eigenvalue weighted by Gasteiger charge is 2.17. The van der Waals surface area contributed by atoms with E-state index in [2.05, 4.69) is 5.32 Å². The Kier molecular flexibility index (Phi) is 4.39. The fraction of sp³-hybridized carbons (Fsp3) is 0. The van der Waals surface area contributed by atoms with Crippen LogP contribution in [0.1, 0.15) is 10.4 Å².